The van der Waals surface area contributed by atoms with Crippen LogP contribution in [0, 0.1) is 6.92 Å². The molecule has 0 bridgehead atoms. The Morgan fingerprint density at radius 1 is 1.00 bits per heavy atom. The van der Waals surface area contributed by atoms with E-state index in [9.17, 15) is 0 Å². The monoisotopic (exact) mass is 271 g/mol. The van der Waals surface area contributed by atoms with Crippen molar-refractivity contribution in [2.75, 3.05) is 6.54 Å². The third kappa shape index (κ3) is 4.73. The number of nitrogens with one attached hydrogen (secondary N) is 1. The summed E-state index contributed by atoms with van der Waals surface area (Å²) in [7, 11) is 0. The van der Waals surface area contributed by atoms with Gasteiger partial charge in [-0.3, -0.25) is 0 Å². The maximum absolute atomic E-state index is 3.36. The Morgan fingerprint density at radius 3 is 2.53 bits per heavy atom. The Morgan fingerprint density at radius 2 is 1.79 bits per heavy atom. The van der Waals surface area contributed by atoms with Crippen LogP contribution in [-0.4, -0.2) is 6.54 Å². The fourth-order valence-electron chi connectivity index (χ4n) is 1.87. The number of rotatable bonds is 6. The maximum Gasteiger partial charge on any atom is 0.0231 e. The van der Waals surface area contributed by atoms with Crippen molar-refractivity contribution in [1.29, 1.82) is 0 Å². The minimum atomic E-state index is 0.954. The molecule has 0 atom stereocenters. The molecule has 2 rings (SSSR count). The third-order valence-electron chi connectivity index (χ3n) is 3.00. The highest BCUT2D eigenvalue weighted by Crippen LogP contribution is 2.23. The lowest BCUT2D eigenvalue weighted by Crippen LogP contribution is -2.11. The zero-order valence-electron chi connectivity index (χ0n) is 11.6. The summed E-state index contributed by atoms with van der Waals surface area (Å²) < 4.78 is 0. The number of benzene rings is 2. The van der Waals surface area contributed by atoms with Gasteiger partial charge in [-0.1, -0.05) is 48.9 Å². The molecule has 0 saturated carbocycles. The summed E-state index contributed by atoms with van der Waals surface area (Å²) in [5, 5.41) is 3.36. The molecule has 0 aliphatic carbocycles. The molecule has 19 heavy (non-hydrogen) atoms. The van der Waals surface area contributed by atoms with E-state index in [2.05, 4.69) is 67.7 Å². The molecule has 0 heterocycles. The fourth-order valence-corrected chi connectivity index (χ4v) is 2.80. The van der Waals surface area contributed by atoms with Crippen molar-refractivity contribution in [2.45, 2.75) is 31.0 Å². The van der Waals surface area contributed by atoms with Crippen LogP contribution < -0.4 is 5.32 Å². The van der Waals surface area contributed by atoms with Gasteiger partial charge in [0.25, 0.3) is 0 Å². The molecule has 0 aromatic heterocycles. The van der Waals surface area contributed by atoms with Gasteiger partial charge >= 0.3 is 0 Å². The third-order valence-corrected chi connectivity index (χ3v) is 4.07. The van der Waals surface area contributed by atoms with E-state index in [1.165, 1.54) is 21.6 Å². The Kier molecular flexibility index (Phi) is 5.49. The van der Waals surface area contributed by atoms with E-state index in [0.29, 0.717) is 0 Å². The lowest BCUT2D eigenvalue weighted by Gasteiger charge is -2.06. The predicted molar refractivity (Wildman–Crippen MR) is 84.6 cm³/mol. The molecule has 2 aromatic carbocycles. The minimum Gasteiger partial charge on any atom is -0.313 e. The zero-order chi connectivity index (χ0) is 13.5. The maximum atomic E-state index is 3.36. The summed E-state index contributed by atoms with van der Waals surface area (Å²) >= 11 is 1.90. The van der Waals surface area contributed by atoms with Crippen molar-refractivity contribution >= 4 is 11.8 Å². The van der Waals surface area contributed by atoms with Gasteiger partial charge in [0.2, 0.25) is 0 Å². The molecule has 1 N–H and O–H groups in total. The highest BCUT2D eigenvalue weighted by Gasteiger charge is 1.98. The molecule has 2 aromatic rings. The second-order valence-electron chi connectivity index (χ2n) is 4.70. The second-order valence-corrected chi connectivity index (χ2v) is 5.75. The molecule has 0 fully saturated rings. The first-order chi connectivity index (χ1) is 9.28. The van der Waals surface area contributed by atoms with Gasteiger partial charge in [-0.2, -0.15) is 0 Å². The molecule has 1 nitrogen and oxygen atoms in total. The van der Waals surface area contributed by atoms with Crippen LogP contribution in [0.2, 0.25) is 0 Å². The Bertz CT molecular complexity index is 505. The Labute approximate surface area is 120 Å². The molecular formula is C17H21NS. The van der Waals surface area contributed by atoms with Gasteiger partial charge < -0.3 is 5.32 Å². The van der Waals surface area contributed by atoms with E-state index in [4.69, 9.17) is 0 Å². The molecule has 0 saturated heterocycles. The molecule has 0 amide bonds. The Hall–Kier alpha value is -1.25. The van der Waals surface area contributed by atoms with Crippen LogP contribution >= 0.6 is 11.8 Å². The number of hydrogen-bond acceptors (Lipinski definition) is 2. The zero-order valence-corrected chi connectivity index (χ0v) is 12.5. The quantitative estimate of drug-likeness (QED) is 0.782. The number of hydrogen-bond donors (Lipinski definition) is 1. The molecule has 100 valence electrons. The average molecular weight is 271 g/mol. The lowest BCUT2D eigenvalue weighted by molar-refractivity contribution is 0.725. The molecule has 0 aliphatic heterocycles. The van der Waals surface area contributed by atoms with Crippen molar-refractivity contribution < 1.29 is 0 Å². The minimum absolute atomic E-state index is 0.954. The van der Waals surface area contributed by atoms with Gasteiger partial charge in [-0.05, 0) is 36.7 Å². The first kappa shape index (κ1) is 14.2. The SMILES string of the molecule is CCNCc1cccc(SCc2ccc(C)cc2)c1. The molecule has 0 radical (unpaired) electrons. The second kappa shape index (κ2) is 7.37. The van der Waals surface area contributed by atoms with Crippen molar-refractivity contribution in [3.63, 3.8) is 0 Å². The largest absolute Gasteiger partial charge is 0.313 e. The summed E-state index contributed by atoms with van der Waals surface area (Å²) in [6, 6.07) is 17.6. The van der Waals surface area contributed by atoms with Gasteiger partial charge in [-0.15, -0.1) is 11.8 Å². The number of thioether (sulfide) groups is 1. The first-order valence-electron chi connectivity index (χ1n) is 6.76. The van der Waals surface area contributed by atoms with E-state index >= 15 is 0 Å². The molecule has 2 heteroatoms. The topological polar surface area (TPSA) is 12.0 Å². The summed E-state index contributed by atoms with van der Waals surface area (Å²) in [6.07, 6.45) is 0. The van der Waals surface area contributed by atoms with Gasteiger partial charge in [0.15, 0.2) is 0 Å². The summed E-state index contributed by atoms with van der Waals surface area (Å²) in [5.41, 5.74) is 4.06. The van der Waals surface area contributed by atoms with Crippen molar-refractivity contribution in [1.82, 2.24) is 5.32 Å². The molecule has 0 aliphatic rings. The van der Waals surface area contributed by atoms with E-state index in [0.717, 1.165) is 18.8 Å². The van der Waals surface area contributed by atoms with Crippen molar-refractivity contribution in [2.24, 2.45) is 0 Å². The summed E-state index contributed by atoms with van der Waals surface area (Å²) in [4.78, 5) is 1.34. The predicted octanol–water partition coefficient (Wildman–Crippen LogP) is 4.40. The van der Waals surface area contributed by atoms with E-state index in [-0.39, 0.29) is 0 Å². The van der Waals surface area contributed by atoms with Crippen LogP contribution in [0.4, 0.5) is 0 Å². The Balaban J connectivity index is 1.93. The highest BCUT2D eigenvalue weighted by molar-refractivity contribution is 7.98. The van der Waals surface area contributed by atoms with Crippen molar-refractivity contribution in [3.8, 4) is 0 Å². The standard InChI is InChI=1S/C17H21NS/c1-3-18-12-16-5-4-6-17(11-16)19-13-15-9-7-14(2)8-10-15/h4-11,18H,3,12-13H2,1-2H3. The molecular weight excluding hydrogens is 250 g/mol. The lowest BCUT2D eigenvalue weighted by atomic mass is 10.2. The van der Waals surface area contributed by atoms with E-state index in [1.54, 1.807) is 0 Å². The van der Waals surface area contributed by atoms with Crippen LogP contribution in [0.25, 0.3) is 0 Å². The van der Waals surface area contributed by atoms with Gasteiger partial charge in [0.05, 0.1) is 0 Å². The van der Waals surface area contributed by atoms with Crippen LogP contribution in [0.15, 0.2) is 53.4 Å². The fraction of sp³-hybridized carbons (Fsp3) is 0.294. The number of aryl methyl sites for hydroxylation is 1. The van der Waals surface area contributed by atoms with Gasteiger partial charge in [-0.25, -0.2) is 0 Å². The van der Waals surface area contributed by atoms with Crippen LogP contribution in [0.3, 0.4) is 0 Å². The van der Waals surface area contributed by atoms with Crippen LogP contribution in [-0.2, 0) is 12.3 Å². The molecule has 0 unspecified atom stereocenters. The van der Waals surface area contributed by atoms with E-state index < -0.39 is 0 Å². The first-order valence-corrected chi connectivity index (χ1v) is 7.74. The van der Waals surface area contributed by atoms with Crippen molar-refractivity contribution in [3.05, 3.63) is 65.2 Å². The van der Waals surface area contributed by atoms with Gasteiger partial charge in [0.1, 0.15) is 0 Å². The highest BCUT2D eigenvalue weighted by atomic mass is 32.2. The average Bonchev–Trinajstić information content (AvgIpc) is 2.45. The van der Waals surface area contributed by atoms with Crippen LogP contribution in [0.5, 0.6) is 0 Å². The summed E-state index contributed by atoms with van der Waals surface area (Å²) in [6.45, 7) is 6.23. The summed E-state index contributed by atoms with van der Waals surface area (Å²) in [5.74, 6) is 1.03. The normalized spacial score (nSPS) is 10.6. The van der Waals surface area contributed by atoms with E-state index in [1.807, 2.05) is 11.8 Å². The van der Waals surface area contributed by atoms with Gasteiger partial charge in [0, 0.05) is 17.2 Å². The van der Waals surface area contributed by atoms with Crippen LogP contribution in [0.1, 0.15) is 23.6 Å². The molecule has 0 spiro atoms. The smallest absolute Gasteiger partial charge is 0.0231 e.